The van der Waals surface area contributed by atoms with Crippen LogP contribution in [0.2, 0.25) is 5.02 Å². The number of esters is 1. The molecule has 0 saturated heterocycles. The van der Waals surface area contributed by atoms with E-state index in [1.54, 1.807) is 6.92 Å². The summed E-state index contributed by atoms with van der Waals surface area (Å²) in [6.07, 6.45) is -0.106. The van der Waals surface area contributed by atoms with Crippen molar-refractivity contribution in [1.82, 2.24) is 0 Å². The van der Waals surface area contributed by atoms with Gasteiger partial charge in [-0.1, -0.05) is 11.6 Å². The van der Waals surface area contributed by atoms with E-state index in [1.165, 1.54) is 13.0 Å². The standard InChI is InChI=1S/C12H15ClN2O5/c1-3-20-12(17)9(14)5-7-4-8(13)6(2)10(11(7)16)15(18)19/h4,9,16H,3,5,14H2,1-2H3. The van der Waals surface area contributed by atoms with Gasteiger partial charge in [0, 0.05) is 17.5 Å². The van der Waals surface area contributed by atoms with E-state index in [9.17, 15) is 20.0 Å². The lowest BCUT2D eigenvalue weighted by Crippen LogP contribution is -2.34. The molecule has 1 aromatic carbocycles. The third kappa shape index (κ3) is 3.37. The summed E-state index contributed by atoms with van der Waals surface area (Å²) in [5, 5.41) is 21.0. The summed E-state index contributed by atoms with van der Waals surface area (Å²) < 4.78 is 4.73. The van der Waals surface area contributed by atoms with Gasteiger partial charge in [0.05, 0.1) is 16.6 Å². The van der Waals surface area contributed by atoms with Crippen LogP contribution in [-0.4, -0.2) is 28.6 Å². The molecule has 0 aliphatic rings. The zero-order chi connectivity index (χ0) is 15.4. The van der Waals surface area contributed by atoms with Gasteiger partial charge >= 0.3 is 11.7 Å². The van der Waals surface area contributed by atoms with Gasteiger partial charge in [0.15, 0.2) is 5.75 Å². The van der Waals surface area contributed by atoms with Crippen LogP contribution in [0.3, 0.4) is 0 Å². The number of ether oxygens (including phenoxy) is 1. The molecular formula is C12H15ClN2O5. The molecule has 0 saturated carbocycles. The fourth-order valence-electron chi connectivity index (χ4n) is 1.72. The minimum Gasteiger partial charge on any atom is -0.502 e. The Kier molecular flexibility index (Phi) is 5.29. The van der Waals surface area contributed by atoms with Crippen LogP contribution in [0, 0.1) is 17.0 Å². The SMILES string of the molecule is CCOC(=O)C(N)Cc1cc(Cl)c(C)c([N+](=O)[O-])c1O. The lowest BCUT2D eigenvalue weighted by Gasteiger charge is -2.13. The van der Waals surface area contributed by atoms with E-state index >= 15 is 0 Å². The molecule has 0 bridgehead atoms. The number of aromatic hydroxyl groups is 1. The minimum atomic E-state index is -1.03. The second-order valence-corrected chi connectivity index (χ2v) is 4.57. The Bertz CT molecular complexity index is 547. The van der Waals surface area contributed by atoms with Crippen LogP contribution in [0.1, 0.15) is 18.1 Å². The molecule has 3 N–H and O–H groups in total. The molecule has 0 aliphatic heterocycles. The highest BCUT2D eigenvalue weighted by atomic mass is 35.5. The van der Waals surface area contributed by atoms with Crippen LogP contribution in [0.15, 0.2) is 6.07 Å². The van der Waals surface area contributed by atoms with Crippen LogP contribution in [0.4, 0.5) is 5.69 Å². The van der Waals surface area contributed by atoms with Gasteiger partial charge in [-0.05, 0) is 19.9 Å². The van der Waals surface area contributed by atoms with Crippen LogP contribution in [0.5, 0.6) is 5.75 Å². The molecule has 1 rings (SSSR count). The molecule has 0 heterocycles. The molecule has 7 nitrogen and oxygen atoms in total. The van der Waals surface area contributed by atoms with Crippen molar-refractivity contribution in [2.24, 2.45) is 5.73 Å². The van der Waals surface area contributed by atoms with Gasteiger partial charge in [-0.25, -0.2) is 0 Å². The van der Waals surface area contributed by atoms with Crippen molar-refractivity contribution in [3.8, 4) is 5.75 Å². The first kappa shape index (κ1) is 16.2. The fraction of sp³-hybridized carbons (Fsp3) is 0.417. The number of phenolic OH excluding ortho intramolecular Hbond substituents is 1. The van der Waals surface area contributed by atoms with E-state index in [4.69, 9.17) is 22.1 Å². The van der Waals surface area contributed by atoms with E-state index in [-0.39, 0.29) is 29.2 Å². The number of nitro benzene ring substituents is 1. The highest BCUT2D eigenvalue weighted by Gasteiger charge is 2.26. The molecular weight excluding hydrogens is 288 g/mol. The Hall–Kier alpha value is -1.86. The first-order valence-electron chi connectivity index (χ1n) is 5.87. The number of benzene rings is 1. The highest BCUT2D eigenvalue weighted by molar-refractivity contribution is 6.31. The Morgan fingerprint density at radius 1 is 1.65 bits per heavy atom. The van der Waals surface area contributed by atoms with Gasteiger partial charge in [0.25, 0.3) is 0 Å². The van der Waals surface area contributed by atoms with Gasteiger partial charge in [0.2, 0.25) is 0 Å². The molecule has 20 heavy (non-hydrogen) atoms. The van der Waals surface area contributed by atoms with E-state index in [0.717, 1.165) is 0 Å². The molecule has 0 amide bonds. The topological polar surface area (TPSA) is 116 Å². The van der Waals surface area contributed by atoms with Gasteiger partial charge < -0.3 is 15.6 Å². The lowest BCUT2D eigenvalue weighted by atomic mass is 10.0. The zero-order valence-electron chi connectivity index (χ0n) is 11.1. The summed E-state index contributed by atoms with van der Waals surface area (Å²) in [4.78, 5) is 21.6. The summed E-state index contributed by atoms with van der Waals surface area (Å²) >= 11 is 5.89. The average Bonchev–Trinajstić information content (AvgIpc) is 2.35. The van der Waals surface area contributed by atoms with Gasteiger partial charge in [0.1, 0.15) is 6.04 Å². The number of nitro groups is 1. The van der Waals surface area contributed by atoms with E-state index in [1.807, 2.05) is 0 Å². The number of hydrogen-bond donors (Lipinski definition) is 2. The molecule has 1 atom stereocenters. The summed E-state index contributed by atoms with van der Waals surface area (Å²) in [6.45, 7) is 3.23. The molecule has 110 valence electrons. The smallest absolute Gasteiger partial charge is 0.323 e. The maximum atomic E-state index is 11.4. The van der Waals surface area contributed by atoms with Gasteiger partial charge in [-0.15, -0.1) is 0 Å². The first-order valence-corrected chi connectivity index (χ1v) is 6.24. The number of carbonyl (C=O) groups is 1. The van der Waals surface area contributed by atoms with Crippen molar-refractivity contribution < 1.29 is 19.6 Å². The van der Waals surface area contributed by atoms with Crippen molar-refractivity contribution in [1.29, 1.82) is 0 Å². The predicted octanol–water partition coefficient (Wildman–Crippen LogP) is 1.70. The monoisotopic (exact) mass is 302 g/mol. The van der Waals surface area contributed by atoms with E-state index in [2.05, 4.69) is 0 Å². The third-order valence-electron chi connectivity index (χ3n) is 2.75. The summed E-state index contributed by atoms with van der Waals surface area (Å²) in [5.74, 6) is -1.18. The molecule has 0 radical (unpaired) electrons. The van der Waals surface area contributed by atoms with Crippen LogP contribution in [-0.2, 0) is 16.0 Å². The third-order valence-corrected chi connectivity index (χ3v) is 3.15. The van der Waals surface area contributed by atoms with Gasteiger partial charge in [-0.2, -0.15) is 0 Å². The van der Waals surface area contributed by atoms with Crippen molar-refractivity contribution in [2.75, 3.05) is 6.61 Å². The molecule has 8 heteroatoms. The quantitative estimate of drug-likeness (QED) is 0.486. The zero-order valence-corrected chi connectivity index (χ0v) is 11.8. The largest absolute Gasteiger partial charge is 0.502 e. The molecule has 0 fully saturated rings. The number of nitrogens with two attached hydrogens (primary N) is 1. The Morgan fingerprint density at radius 3 is 2.75 bits per heavy atom. The van der Waals surface area contributed by atoms with Crippen molar-refractivity contribution >= 4 is 23.3 Å². The second-order valence-electron chi connectivity index (χ2n) is 4.16. The van der Waals surface area contributed by atoms with Crippen molar-refractivity contribution in [3.63, 3.8) is 0 Å². The second kappa shape index (κ2) is 6.53. The number of phenols is 1. The maximum Gasteiger partial charge on any atom is 0.323 e. The number of halogens is 1. The Morgan fingerprint density at radius 2 is 2.25 bits per heavy atom. The van der Waals surface area contributed by atoms with Crippen molar-refractivity contribution in [2.45, 2.75) is 26.3 Å². The molecule has 0 spiro atoms. The van der Waals surface area contributed by atoms with E-state index < -0.39 is 28.4 Å². The van der Waals surface area contributed by atoms with Crippen LogP contribution in [0.25, 0.3) is 0 Å². The number of rotatable bonds is 5. The number of carbonyl (C=O) groups excluding carboxylic acids is 1. The van der Waals surface area contributed by atoms with Crippen LogP contribution < -0.4 is 5.73 Å². The maximum absolute atomic E-state index is 11.4. The summed E-state index contributed by atoms with van der Waals surface area (Å²) in [5.41, 5.74) is 5.42. The Labute approximate surface area is 120 Å². The summed E-state index contributed by atoms with van der Waals surface area (Å²) in [6, 6.07) is 0.331. The summed E-state index contributed by atoms with van der Waals surface area (Å²) in [7, 11) is 0. The minimum absolute atomic E-state index is 0.106. The van der Waals surface area contributed by atoms with Gasteiger partial charge in [-0.3, -0.25) is 14.9 Å². The molecule has 1 unspecified atom stereocenters. The molecule has 0 aliphatic carbocycles. The Balaban J connectivity index is 3.14. The molecule has 0 aromatic heterocycles. The average molecular weight is 303 g/mol. The van der Waals surface area contributed by atoms with Crippen molar-refractivity contribution in [3.05, 3.63) is 32.3 Å². The predicted molar refractivity (Wildman–Crippen MR) is 72.8 cm³/mol. The number of hydrogen-bond acceptors (Lipinski definition) is 6. The van der Waals surface area contributed by atoms with Crippen LogP contribution >= 0.6 is 11.6 Å². The normalized spacial score (nSPS) is 12.0. The highest BCUT2D eigenvalue weighted by Crippen LogP contribution is 2.38. The molecule has 1 aromatic rings. The lowest BCUT2D eigenvalue weighted by molar-refractivity contribution is -0.386. The fourth-order valence-corrected chi connectivity index (χ4v) is 1.94. The first-order chi connectivity index (χ1) is 9.29. The number of nitrogens with zero attached hydrogens (tertiary/aromatic N) is 1. The van der Waals surface area contributed by atoms with E-state index in [0.29, 0.717) is 0 Å².